The van der Waals surface area contributed by atoms with Crippen LogP contribution in [-0.4, -0.2) is 30.6 Å². The molecule has 0 aromatic heterocycles. The number of benzene rings is 1. The van der Waals surface area contributed by atoms with Crippen LogP contribution in [0.25, 0.3) is 0 Å². The first-order valence-corrected chi connectivity index (χ1v) is 10.3. The third kappa shape index (κ3) is 8.12. The van der Waals surface area contributed by atoms with Crippen molar-refractivity contribution in [2.45, 2.75) is 60.3 Å². The number of phenols is 1. The third-order valence-corrected chi connectivity index (χ3v) is 4.93. The average molecular weight is 384 g/mol. The Morgan fingerprint density at radius 3 is 2.50 bits per heavy atom. The summed E-state index contributed by atoms with van der Waals surface area (Å²) < 4.78 is 0. The molecule has 0 aliphatic heterocycles. The van der Waals surface area contributed by atoms with E-state index in [4.69, 9.17) is 4.99 Å². The van der Waals surface area contributed by atoms with Crippen molar-refractivity contribution in [3.05, 3.63) is 52.9 Å². The van der Waals surface area contributed by atoms with E-state index in [2.05, 4.69) is 31.1 Å². The number of allylic oxidation sites excluding steroid dienone is 4. The standard InChI is InChI=1S/C24H37N3O/c1-7-9-12-21(8-2)17-26-19(4)15-23(22-13-10-11-14-24(22)28)27-20(5)18(3)16-25-6/h10-11,13-16,21,26,28H,7-9,12,17H2,1-6H3/b19-15+,20-18+,25-16?,27-23-. The van der Waals surface area contributed by atoms with Crippen LogP contribution in [0.1, 0.15) is 65.9 Å². The van der Waals surface area contributed by atoms with Crippen LogP contribution < -0.4 is 5.32 Å². The molecule has 0 aliphatic carbocycles. The molecule has 1 atom stereocenters. The summed E-state index contributed by atoms with van der Waals surface area (Å²) >= 11 is 0. The number of hydrogen-bond donors (Lipinski definition) is 2. The van der Waals surface area contributed by atoms with E-state index in [0.29, 0.717) is 5.92 Å². The van der Waals surface area contributed by atoms with Gasteiger partial charge in [-0.1, -0.05) is 45.2 Å². The van der Waals surface area contributed by atoms with Crippen LogP contribution >= 0.6 is 0 Å². The molecule has 0 radical (unpaired) electrons. The number of nitrogens with zero attached hydrogens (tertiary/aromatic N) is 2. The van der Waals surface area contributed by atoms with Crippen molar-refractivity contribution in [3.63, 3.8) is 0 Å². The van der Waals surface area contributed by atoms with Gasteiger partial charge < -0.3 is 10.4 Å². The van der Waals surface area contributed by atoms with Crippen molar-refractivity contribution in [3.8, 4) is 5.75 Å². The van der Waals surface area contributed by atoms with Crippen LogP contribution in [-0.2, 0) is 0 Å². The van der Waals surface area contributed by atoms with E-state index in [1.165, 1.54) is 25.7 Å². The smallest absolute Gasteiger partial charge is 0.124 e. The quantitative estimate of drug-likeness (QED) is 0.468. The summed E-state index contributed by atoms with van der Waals surface area (Å²) in [5, 5.41) is 13.9. The normalized spacial score (nSPS) is 14.9. The number of unbranched alkanes of at least 4 members (excludes halogenated alkanes) is 1. The number of rotatable bonds is 11. The highest BCUT2D eigenvalue weighted by atomic mass is 16.3. The van der Waals surface area contributed by atoms with Crippen molar-refractivity contribution in [1.82, 2.24) is 5.32 Å². The number of hydrogen-bond acceptors (Lipinski definition) is 4. The summed E-state index contributed by atoms with van der Waals surface area (Å²) in [6, 6.07) is 7.32. The molecule has 0 amide bonds. The number of nitrogens with one attached hydrogen (secondary N) is 1. The summed E-state index contributed by atoms with van der Waals surface area (Å²) in [7, 11) is 1.75. The van der Waals surface area contributed by atoms with Crippen LogP contribution in [0.15, 0.2) is 57.3 Å². The summed E-state index contributed by atoms with van der Waals surface area (Å²) in [6.07, 6.45) is 8.76. The van der Waals surface area contributed by atoms with Gasteiger partial charge in [0.2, 0.25) is 0 Å². The molecule has 1 aromatic carbocycles. The second-order valence-corrected chi connectivity index (χ2v) is 7.29. The molecule has 0 saturated carbocycles. The predicted octanol–water partition coefficient (Wildman–Crippen LogP) is 5.89. The molecule has 0 fully saturated rings. The van der Waals surface area contributed by atoms with E-state index in [9.17, 15) is 5.11 Å². The Hall–Kier alpha value is -2.36. The molecule has 0 bridgehead atoms. The largest absolute Gasteiger partial charge is 0.507 e. The maximum absolute atomic E-state index is 10.3. The second-order valence-electron chi connectivity index (χ2n) is 7.29. The molecule has 0 aliphatic rings. The van der Waals surface area contributed by atoms with Crippen LogP contribution in [0.2, 0.25) is 0 Å². The van der Waals surface area contributed by atoms with Crippen LogP contribution in [0, 0.1) is 5.92 Å². The van der Waals surface area contributed by atoms with Gasteiger partial charge in [0.15, 0.2) is 0 Å². The number of aliphatic imine (C=N–C) groups is 2. The highest BCUT2D eigenvalue weighted by Gasteiger charge is 2.09. The highest BCUT2D eigenvalue weighted by Crippen LogP contribution is 2.20. The van der Waals surface area contributed by atoms with Crippen molar-refractivity contribution in [2.24, 2.45) is 15.9 Å². The first-order chi connectivity index (χ1) is 13.4. The lowest BCUT2D eigenvalue weighted by Gasteiger charge is -2.17. The van der Waals surface area contributed by atoms with E-state index in [0.717, 1.165) is 34.8 Å². The molecule has 154 valence electrons. The lowest BCUT2D eigenvalue weighted by Crippen LogP contribution is -2.21. The Balaban J connectivity index is 3.13. The SMILES string of the molecule is CCCCC(CC)CN/C(C)=C/C(=N/C(C)=C(\C)C=NC)c1ccccc1O. The summed E-state index contributed by atoms with van der Waals surface area (Å²) in [4.78, 5) is 8.86. The highest BCUT2D eigenvalue weighted by molar-refractivity contribution is 6.11. The Morgan fingerprint density at radius 1 is 1.18 bits per heavy atom. The van der Waals surface area contributed by atoms with Crippen molar-refractivity contribution >= 4 is 11.9 Å². The minimum Gasteiger partial charge on any atom is -0.507 e. The Morgan fingerprint density at radius 2 is 1.89 bits per heavy atom. The van der Waals surface area contributed by atoms with Crippen molar-refractivity contribution in [2.75, 3.05) is 13.6 Å². The summed E-state index contributed by atoms with van der Waals surface area (Å²) in [6.45, 7) is 11.5. The molecule has 2 N–H and O–H groups in total. The van der Waals surface area contributed by atoms with Crippen LogP contribution in [0.5, 0.6) is 5.75 Å². The van der Waals surface area contributed by atoms with Gasteiger partial charge in [0.25, 0.3) is 0 Å². The lowest BCUT2D eigenvalue weighted by molar-refractivity contribution is 0.435. The molecule has 0 spiro atoms. The average Bonchev–Trinajstić information content (AvgIpc) is 2.68. The minimum atomic E-state index is 0.231. The maximum Gasteiger partial charge on any atom is 0.124 e. The van der Waals surface area contributed by atoms with Crippen molar-refractivity contribution < 1.29 is 5.11 Å². The number of phenolic OH excluding ortho intramolecular Hbond substituents is 1. The fourth-order valence-corrected chi connectivity index (χ4v) is 2.92. The molecule has 4 heteroatoms. The summed E-state index contributed by atoms with van der Waals surface area (Å²) in [5.41, 5.74) is 4.39. The first-order valence-electron chi connectivity index (χ1n) is 10.3. The van der Waals surface area contributed by atoms with E-state index in [-0.39, 0.29) is 5.75 Å². The molecule has 0 saturated heterocycles. The van der Waals surface area contributed by atoms with Crippen molar-refractivity contribution in [1.29, 1.82) is 0 Å². The summed E-state index contributed by atoms with van der Waals surface area (Å²) in [5.74, 6) is 0.910. The topological polar surface area (TPSA) is 57.0 Å². The molecule has 1 rings (SSSR count). The molecule has 0 heterocycles. The first kappa shape index (κ1) is 23.7. The number of para-hydroxylation sites is 1. The van der Waals surface area contributed by atoms with Gasteiger partial charge in [-0.3, -0.25) is 9.98 Å². The Bertz CT molecular complexity index is 729. The molecule has 4 nitrogen and oxygen atoms in total. The van der Waals surface area contributed by atoms with Crippen LogP contribution in [0.3, 0.4) is 0 Å². The van der Waals surface area contributed by atoms with E-state index in [1.807, 2.05) is 38.1 Å². The zero-order valence-corrected chi connectivity index (χ0v) is 18.4. The Kier molecular flexibility index (Phi) is 10.9. The van der Waals surface area contributed by atoms with E-state index in [1.54, 1.807) is 19.3 Å². The van der Waals surface area contributed by atoms with Gasteiger partial charge in [0.1, 0.15) is 5.75 Å². The molecular weight excluding hydrogens is 346 g/mol. The second kappa shape index (κ2) is 12.9. The molecule has 28 heavy (non-hydrogen) atoms. The van der Waals surface area contributed by atoms with Gasteiger partial charge >= 0.3 is 0 Å². The van der Waals surface area contributed by atoms with E-state index >= 15 is 0 Å². The zero-order chi connectivity index (χ0) is 20.9. The molecule has 1 aromatic rings. The van der Waals surface area contributed by atoms with Gasteiger partial charge in [-0.25, -0.2) is 0 Å². The monoisotopic (exact) mass is 383 g/mol. The van der Waals surface area contributed by atoms with Gasteiger partial charge in [0.05, 0.1) is 5.71 Å². The molecule has 1 unspecified atom stereocenters. The minimum absolute atomic E-state index is 0.231. The van der Waals surface area contributed by atoms with Gasteiger partial charge in [0, 0.05) is 36.8 Å². The zero-order valence-electron chi connectivity index (χ0n) is 18.4. The fourth-order valence-electron chi connectivity index (χ4n) is 2.92. The lowest BCUT2D eigenvalue weighted by atomic mass is 9.99. The molecular formula is C24H37N3O. The fraction of sp³-hybridized carbons (Fsp3) is 0.500. The number of aromatic hydroxyl groups is 1. The predicted molar refractivity (Wildman–Crippen MR) is 122 cm³/mol. The Labute approximate surface area is 171 Å². The van der Waals surface area contributed by atoms with Gasteiger partial charge in [-0.2, -0.15) is 0 Å². The van der Waals surface area contributed by atoms with Gasteiger partial charge in [-0.05, 0) is 56.9 Å². The third-order valence-electron chi connectivity index (χ3n) is 4.93. The maximum atomic E-state index is 10.3. The van der Waals surface area contributed by atoms with Crippen LogP contribution in [0.4, 0.5) is 0 Å². The van der Waals surface area contributed by atoms with Gasteiger partial charge in [-0.15, -0.1) is 0 Å². The van der Waals surface area contributed by atoms with E-state index < -0.39 is 0 Å².